The number of nitrogens with one attached hydrogen (secondary N) is 1. The van der Waals surface area contributed by atoms with Crippen molar-refractivity contribution in [2.75, 3.05) is 20.3 Å². The van der Waals surface area contributed by atoms with E-state index in [1.165, 1.54) is 24.1 Å². The highest BCUT2D eigenvalue weighted by molar-refractivity contribution is 7.16. The number of rotatable bonds is 7. The molecule has 0 aliphatic heterocycles. The largest absolute Gasteiger partial charge is 0.381 e. The predicted octanol–water partition coefficient (Wildman–Crippen LogP) is 3.47. The molecule has 0 amide bonds. The summed E-state index contributed by atoms with van der Waals surface area (Å²) in [5.74, 6) is 0. The van der Waals surface area contributed by atoms with E-state index in [1.807, 2.05) is 6.07 Å². The van der Waals surface area contributed by atoms with Gasteiger partial charge in [-0.2, -0.15) is 0 Å². The molecule has 1 aromatic rings. The van der Waals surface area contributed by atoms with Gasteiger partial charge in [0.05, 0.1) is 23.2 Å². The molecule has 0 bridgehead atoms. The molecule has 1 aliphatic carbocycles. The molecule has 19 heavy (non-hydrogen) atoms. The number of thiophene rings is 1. The van der Waals surface area contributed by atoms with E-state index in [0.717, 1.165) is 30.5 Å². The summed E-state index contributed by atoms with van der Waals surface area (Å²) in [6, 6.07) is 4.00. The Morgan fingerprint density at radius 2 is 2.21 bits per heavy atom. The molecule has 1 saturated carbocycles. The van der Waals surface area contributed by atoms with Gasteiger partial charge in [0.2, 0.25) is 0 Å². The van der Waals surface area contributed by atoms with E-state index in [0.29, 0.717) is 12.2 Å². The fourth-order valence-corrected chi connectivity index (χ4v) is 3.48. The smallest absolute Gasteiger partial charge is 0.0931 e. The first-order valence-corrected chi connectivity index (χ1v) is 8.06. The van der Waals surface area contributed by atoms with Crippen LogP contribution in [0.25, 0.3) is 0 Å². The Bertz CT molecular complexity index is 372. The highest BCUT2D eigenvalue weighted by atomic mass is 35.5. The van der Waals surface area contributed by atoms with Gasteiger partial charge in [-0.05, 0) is 37.8 Å². The van der Waals surface area contributed by atoms with Crippen LogP contribution in [0.2, 0.25) is 4.34 Å². The molecule has 3 nitrogen and oxygen atoms in total. The lowest BCUT2D eigenvalue weighted by atomic mass is 9.95. The zero-order chi connectivity index (χ0) is 13.5. The highest BCUT2D eigenvalue weighted by Crippen LogP contribution is 2.23. The molecule has 1 N–H and O–H groups in total. The van der Waals surface area contributed by atoms with E-state index >= 15 is 0 Å². The summed E-state index contributed by atoms with van der Waals surface area (Å²) >= 11 is 7.51. The molecular formula is C14H22ClNO2S. The Labute approximate surface area is 124 Å². The summed E-state index contributed by atoms with van der Waals surface area (Å²) in [7, 11) is 1.79. The summed E-state index contributed by atoms with van der Waals surface area (Å²) < 4.78 is 12.1. The molecule has 108 valence electrons. The monoisotopic (exact) mass is 303 g/mol. The number of methoxy groups -OCH3 is 1. The quantitative estimate of drug-likeness (QED) is 0.783. The summed E-state index contributed by atoms with van der Waals surface area (Å²) in [5.41, 5.74) is 0. The van der Waals surface area contributed by atoms with Crippen molar-refractivity contribution in [3.05, 3.63) is 21.3 Å². The van der Waals surface area contributed by atoms with Crippen molar-refractivity contribution in [1.82, 2.24) is 5.32 Å². The molecule has 0 saturated heterocycles. The molecule has 0 radical (unpaired) electrons. The zero-order valence-corrected chi connectivity index (χ0v) is 12.9. The molecule has 1 aromatic heterocycles. The Morgan fingerprint density at radius 1 is 1.37 bits per heavy atom. The standard InChI is InChI=1S/C14H22ClNO2S/c1-17-11-3-2-4-12(9-11)18-8-7-16-10-13-5-6-14(15)19-13/h5-6,11-12,16H,2-4,7-10H2,1H3. The van der Waals surface area contributed by atoms with Gasteiger partial charge in [0.25, 0.3) is 0 Å². The summed E-state index contributed by atoms with van der Waals surface area (Å²) in [6.07, 6.45) is 5.35. The predicted molar refractivity (Wildman–Crippen MR) is 80.0 cm³/mol. The van der Waals surface area contributed by atoms with Crippen molar-refractivity contribution in [1.29, 1.82) is 0 Å². The second-order valence-electron chi connectivity index (χ2n) is 4.90. The Morgan fingerprint density at radius 3 is 2.95 bits per heavy atom. The molecule has 2 rings (SSSR count). The second kappa shape index (κ2) is 8.22. The molecule has 5 heteroatoms. The zero-order valence-electron chi connectivity index (χ0n) is 11.4. The van der Waals surface area contributed by atoms with E-state index in [4.69, 9.17) is 21.1 Å². The third-order valence-corrected chi connectivity index (χ3v) is 4.70. The fraction of sp³-hybridized carbons (Fsp3) is 0.714. The minimum Gasteiger partial charge on any atom is -0.381 e. The second-order valence-corrected chi connectivity index (χ2v) is 6.70. The van der Waals surface area contributed by atoms with Gasteiger partial charge >= 0.3 is 0 Å². The first-order valence-electron chi connectivity index (χ1n) is 6.87. The van der Waals surface area contributed by atoms with E-state index < -0.39 is 0 Å². The van der Waals surface area contributed by atoms with Crippen LogP contribution in [0, 0.1) is 0 Å². The molecule has 0 spiro atoms. The SMILES string of the molecule is COC1CCCC(OCCNCc2ccc(Cl)s2)C1. The van der Waals surface area contributed by atoms with E-state index in [-0.39, 0.29) is 0 Å². The van der Waals surface area contributed by atoms with Crippen molar-refractivity contribution in [2.24, 2.45) is 0 Å². The first-order chi connectivity index (χ1) is 9.28. The Kier molecular flexibility index (Phi) is 6.61. The minimum atomic E-state index is 0.372. The molecular weight excluding hydrogens is 282 g/mol. The minimum absolute atomic E-state index is 0.372. The third kappa shape index (κ3) is 5.40. The maximum Gasteiger partial charge on any atom is 0.0931 e. The normalized spacial score (nSPS) is 23.7. The lowest BCUT2D eigenvalue weighted by Crippen LogP contribution is -2.29. The van der Waals surface area contributed by atoms with Gasteiger partial charge in [-0.15, -0.1) is 11.3 Å². The molecule has 2 unspecified atom stereocenters. The van der Waals surface area contributed by atoms with Gasteiger partial charge in [0.1, 0.15) is 0 Å². The molecule has 2 atom stereocenters. The van der Waals surface area contributed by atoms with Crippen LogP contribution in [0.15, 0.2) is 12.1 Å². The lowest BCUT2D eigenvalue weighted by molar-refractivity contribution is -0.0282. The Hall–Kier alpha value is -0.130. The molecule has 0 aromatic carbocycles. The van der Waals surface area contributed by atoms with Gasteiger partial charge in [0, 0.05) is 25.1 Å². The van der Waals surface area contributed by atoms with Gasteiger partial charge in [-0.25, -0.2) is 0 Å². The van der Waals surface area contributed by atoms with Gasteiger partial charge in [-0.3, -0.25) is 0 Å². The van der Waals surface area contributed by atoms with Crippen molar-refractivity contribution < 1.29 is 9.47 Å². The topological polar surface area (TPSA) is 30.5 Å². The number of hydrogen-bond acceptors (Lipinski definition) is 4. The fourth-order valence-electron chi connectivity index (χ4n) is 2.42. The van der Waals surface area contributed by atoms with Crippen molar-refractivity contribution in [3.8, 4) is 0 Å². The van der Waals surface area contributed by atoms with Gasteiger partial charge < -0.3 is 14.8 Å². The number of halogens is 1. The van der Waals surface area contributed by atoms with Crippen LogP contribution in [-0.2, 0) is 16.0 Å². The average molecular weight is 304 g/mol. The van der Waals surface area contributed by atoms with Crippen LogP contribution in [0.3, 0.4) is 0 Å². The summed E-state index contributed by atoms with van der Waals surface area (Å²) in [4.78, 5) is 1.27. The van der Waals surface area contributed by atoms with Crippen LogP contribution >= 0.6 is 22.9 Å². The third-order valence-electron chi connectivity index (χ3n) is 3.47. The van der Waals surface area contributed by atoms with Gasteiger partial charge in [-0.1, -0.05) is 11.6 Å². The molecule has 1 aliphatic rings. The van der Waals surface area contributed by atoms with Crippen LogP contribution in [-0.4, -0.2) is 32.5 Å². The van der Waals surface area contributed by atoms with Crippen LogP contribution < -0.4 is 5.32 Å². The Balaban J connectivity index is 1.54. The van der Waals surface area contributed by atoms with Crippen molar-refractivity contribution in [2.45, 2.75) is 44.4 Å². The van der Waals surface area contributed by atoms with E-state index in [9.17, 15) is 0 Å². The van der Waals surface area contributed by atoms with E-state index in [2.05, 4.69) is 11.4 Å². The van der Waals surface area contributed by atoms with Crippen molar-refractivity contribution in [3.63, 3.8) is 0 Å². The van der Waals surface area contributed by atoms with Crippen LogP contribution in [0.4, 0.5) is 0 Å². The lowest BCUT2D eigenvalue weighted by Gasteiger charge is -2.28. The average Bonchev–Trinajstić information content (AvgIpc) is 2.84. The summed E-state index contributed by atoms with van der Waals surface area (Å²) in [6.45, 7) is 2.51. The number of hydrogen-bond donors (Lipinski definition) is 1. The maximum absolute atomic E-state index is 5.89. The van der Waals surface area contributed by atoms with Crippen LogP contribution in [0.5, 0.6) is 0 Å². The molecule has 1 heterocycles. The molecule has 1 fully saturated rings. The summed E-state index contributed by atoms with van der Waals surface area (Å²) in [5, 5.41) is 3.38. The first kappa shape index (κ1) is 15.3. The van der Waals surface area contributed by atoms with Crippen molar-refractivity contribution >= 4 is 22.9 Å². The van der Waals surface area contributed by atoms with Crippen LogP contribution in [0.1, 0.15) is 30.6 Å². The highest BCUT2D eigenvalue weighted by Gasteiger charge is 2.21. The number of ether oxygens (including phenoxy) is 2. The van der Waals surface area contributed by atoms with Gasteiger partial charge in [0.15, 0.2) is 0 Å². The maximum atomic E-state index is 5.89. The van der Waals surface area contributed by atoms with E-state index in [1.54, 1.807) is 18.4 Å².